The van der Waals surface area contributed by atoms with Crippen molar-refractivity contribution in [1.82, 2.24) is 0 Å². The van der Waals surface area contributed by atoms with Crippen molar-refractivity contribution < 1.29 is 19.4 Å². The van der Waals surface area contributed by atoms with Crippen LogP contribution in [0.4, 0.5) is 5.69 Å². The third-order valence-electron chi connectivity index (χ3n) is 3.11. The first kappa shape index (κ1) is 13.9. The number of carboxylic acid groups (broad SMARTS) is 1. The number of carbonyl (C=O) groups is 1. The van der Waals surface area contributed by atoms with Crippen LogP contribution in [0.5, 0.6) is 11.5 Å². The van der Waals surface area contributed by atoms with Gasteiger partial charge in [-0.2, -0.15) is 5.10 Å². The quantitative estimate of drug-likeness (QED) is 0.670. The monoisotopic (exact) mass is 298 g/mol. The van der Waals surface area contributed by atoms with Crippen LogP contribution in [0.3, 0.4) is 0 Å². The van der Waals surface area contributed by atoms with E-state index in [0.29, 0.717) is 24.7 Å². The van der Waals surface area contributed by atoms with Crippen LogP contribution in [0, 0.1) is 0 Å². The zero-order valence-electron chi connectivity index (χ0n) is 11.7. The van der Waals surface area contributed by atoms with Gasteiger partial charge < -0.3 is 14.6 Å². The van der Waals surface area contributed by atoms with E-state index in [-0.39, 0.29) is 5.56 Å². The molecule has 0 radical (unpaired) electrons. The van der Waals surface area contributed by atoms with E-state index in [0.717, 1.165) is 11.3 Å². The number of carboxylic acids is 1. The number of aromatic carboxylic acids is 1. The van der Waals surface area contributed by atoms with E-state index in [9.17, 15) is 4.79 Å². The fourth-order valence-corrected chi connectivity index (χ4v) is 2.01. The van der Waals surface area contributed by atoms with Crippen molar-refractivity contribution in [3.05, 3.63) is 53.6 Å². The van der Waals surface area contributed by atoms with Crippen LogP contribution < -0.4 is 14.9 Å². The molecule has 0 saturated heterocycles. The predicted octanol–water partition coefficient (Wildman–Crippen LogP) is 2.60. The molecule has 6 heteroatoms. The lowest BCUT2D eigenvalue weighted by molar-refractivity contribution is 0.0697. The van der Waals surface area contributed by atoms with Crippen LogP contribution >= 0.6 is 0 Å². The van der Waals surface area contributed by atoms with Crippen molar-refractivity contribution in [2.45, 2.75) is 0 Å². The van der Waals surface area contributed by atoms with Gasteiger partial charge in [-0.05, 0) is 48.0 Å². The highest BCUT2D eigenvalue weighted by molar-refractivity contribution is 5.88. The largest absolute Gasteiger partial charge is 0.486 e. The lowest BCUT2D eigenvalue weighted by Gasteiger charge is -2.18. The predicted molar refractivity (Wildman–Crippen MR) is 82.1 cm³/mol. The molecule has 2 aromatic rings. The van der Waals surface area contributed by atoms with Gasteiger partial charge in [0, 0.05) is 0 Å². The molecule has 22 heavy (non-hydrogen) atoms. The van der Waals surface area contributed by atoms with Gasteiger partial charge in [-0.3, -0.25) is 5.43 Å². The van der Waals surface area contributed by atoms with E-state index in [2.05, 4.69) is 10.5 Å². The average Bonchev–Trinajstić information content (AvgIpc) is 2.55. The summed E-state index contributed by atoms with van der Waals surface area (Å²) >= 11 is 0. The molecule has 6 nitrogen and oxygen atoms in total. The average molecular weight is 298 g/mol. The highest BCUT2D eigenvalue weighted by Gasteiger charge is 2.10. The number of hydrogen-bond acceptors (Lipinski definition) is 5. The van der Waals surface area contributed by atoms with Crippen LogP contribution in [-0.4, -0.2) is 30.5 Å². The summed E-state index contributed by atoms with van der Waals surface area (Å²) in [6.07, 6.45) is 1.66. The Labute approximate surface area is 127 Å². The van der Waals surface area contributed by atoms with Crippen LogP contribution in [-0.2, 0) is 0 Å². The summed E-state index contributed by atoms with van der Waals surface area (Å²) in [6.45, 7) is 1.11. The number of hydrazone groups is 1. The van der Waals surface area contributed by atoms with E-state index in [1.807, 2.05) is 18.2 Å². The summed E-state index contributed by atoms with van der Waals surface area (Å²) in [5.74, 6) is 0.493. The Morgan fingerprint density at radius 3 is 2.55 bits per heavy atom. The zero-order chi connectivity index (χ0) is 15.4. The van der Waals surface area contributed by atoms with Crippen molar-refractivity contribution in [3.63, 3.8) is 0 Å². The number of nitrogens with one attached hydrogen (secondary N) is 1. The van der Waals surface area contributed by atoms with E-state index >= 15 is 0 Å². The van der Waals surface area contributed by atoms with E-state index in [1.165, 1.54) is 12.1 Å². The van der Waals surface area contributed by atoms with Gasteiger partial charge in [-0.15, -0.1) is 0 Å². The second kappa shape index (κ2) is 6.17. The number of benzene rings is 2. The minimum atomic E-state index is -0.952. The number of rotatable bonds is 4. The number of hydrogen-bond donors (Lipinski definition) is 2. The van der Waals surface area contributed by atoms with Crippen molar-refractivity contribution in [1.29, 1.82) is 0 Å². The molecule has 1 aliphatic rings. The van der Waals surface area contributed by atoms with Crippen molar-refractivity contribution >= 4 is 17.9 Å². The maximum Gasteiger partial charge on any atom is 0.335 e. The van der Waals surface area contributed by atoms with E-state index < -0.39 is 5.97 Å². The van der Waals surface area contributed by atoms with Crippen molar-refractivity contribution in [2.75, 3.05) is 18.6 Å². The second-order valence-electron chi connectivity index (χ2n) is 4.66. The molecule has 0 fully saturated rings. The van der Waals surface area contributed by atoms with Gasteiger partial charge in [0.25, 0.3) is 0 Å². The molecular weight excluding hydrogens is 284 g/mol. The highest BCUT2D eigenvalue weighted by Crippen LogP contribution is 2.30. The fourth-order valence-electron chi connectivity index (χ4n) is 2.01. The Balaban J connectivity index is 1.65. The van der Waals surface area contributed by atoms with Gasteiger partial charge in [0.05, 0.1) is 17.5 Å². The number of anilines is 1. The summed E-state index contributed by atoms with van der Waals surface area (Å²) < 4.78 is 11.0. The molecule has 0 unspecified atom stereocenters. The number of fused-ring (bicyclic) bond motifs is 1. The normalized spacial score (nSPS) is 13.1. The molecule has 0 atom stereocenters. The summed E-state index contributed by atoms with van der Waals surface area (Å²) in [5.41, 5.74) is 4.66. The maximum atomic E-state index is 10.8. The molecule has 0 spiro atoms. The molecule has 0 amide bonds. The molecule has 2 aromatic carbocycles. The molecule has 1 aliphatic heterocycles. The summed E-state index contributed by atoms with van der Waals surface area (Å²) in [5, 5.41) is 12.9. The topological polar surface area (TPSA) is 80.2 Å². The summed E-state index contributed by atoms with van der Waals surface area (Å²) in [6, 6.07) is 11.9. The van der Waals surface area contributed by atoms with Gasteiger partial charge in [-0.25, -0.2) is 4.79 Å². The van der Waals surface area contributed by atoms with Crippen molar-refractivity contribution in [2.24, 2.45) is 5.10 Å². The SMILES string of the molecule is O=C(O)c1ccc(N/N=C\c2ccc3c(c2)OCCO3)cc1. The number of ether oxygens (including phenoxy) is 2. The standard InChI is InChI=1S/C16H14N2O4/c19-16(20)12-2-4-13(5-3-12)18-17-10-11-1-6-14-15(9-11)22-8-7-21-14/h1-6,9-10,18H,7-8H2,(H,19,20)/b17-10-. The summed E-state index contributed by atoms with van der Waals surface area (Å²) in [7, 11) is 0. The Morgan fingerprint density at radius 1 is 1.09 bits per heavy atom. The molecule has 0 saturated carbocycles. The zero-order valence-corrected chi connectivity index (χ0v) is 11.7. The first-order valence-electron chi connectivity index (χ1n) is 6.74. The Morgan fingerprint density at radius 2 is 1.82 bits per heavy atom. The Hall–Kier alpha value is -3.02. The number of nitrogens with zero attached hydrogens (tertiary/aromatic N) is 1. The maximum absolute atomic E-state index is 10.8. The second-order valence-corrected chi connectivity index (χ2v) is 4.66. The Bertz CT molecular complexity index is 711. The van der Waals surface area contributed by atoms with Crippen molar-refractivity contribution in [3.8, 4) is 11.5 Å². The van der Waals surface area contributed by atoms with E-state index in [4.69, 9.17) is 14.6 Å². The molecule has 1 heterocycles. The lowest BCUT2D eigenvalue weighted by atomic mass is 10.2. The molecule has 0 aromatic heterocycles. The minimum absolute atomic E-state index is 0.237. The van der Waals surface area contributed by atoms with Crippen LogP contribution in [0.15, 0.2) is 47.6 Å². The van der Waals surface area contributed by atoms with Crippen LogP contribution in [0.25, 0.3) is 0 Å². The third kappa shape index (κ3) is 3.17. The van der Waals surface area contributed by atoms with Gasteiger partial charge in [-0.1, -0.05) is 0 Å². The van der Waals surface area contributed by atoms with Gasteiger partial charge in [0.1, 0.15) is 13.2 Å². The molecule has 3 rings (SSSR count). The van der Waals surface area contributed by atoms with Gasteiger partial charge in [0.2, 0.25) is 0 Å². The van der Waals surface area contributed by atoms with Crippen LogP contribution in [0.1, 0.15) is 15.9 Å². The van der Waals surface area contributed by atoms with Gasteiger partial charge in [0.15, 0.2) is 11.5 Å². The Kier molecular flexibility index (Phi) is 3.91. The van der Waals surface area contributed by atoms with E-state index in [1.54, 1.807) is 18.3 Å². The lowest BCUT2D eigenvalue weighted by Crippen LogP contribution is -2.15. The molecule has 0 aliphatic carbocycles. The van der Waals surface area contributed by atoms with Crippen LogP contribution in [0.2, 0.25) is 0 Å². The van der Waals surface area contributed by atoms with Gasteiger partial charge >= 0.3 is 5.97 Å². The summed E-state index contributed by atoms with van der Waals surface area (Å²) in [4.78, 5) is 10.8. The smallest absolute Gasteiger partial charge is 0.335 e. The third-order valence-corrected chi connectivity index (χ3v) is 3.11. The minimum Gasteiger partial charge on any atom is -0.486 e. The molecular formula is C16H14N2O4. The molecule has 112 valence electrons. The first-order valence-corrected chi connectivity index (χ1v) is 6.74. The highest BCUT2D eigenvalue weighted by atomic mass is 16.6. The first-order chi connectivity index (χ1) is 10.7. The molecule has 2 N–H and O–H groups in total. The molecule has 0 bridgehead atoms. The fraction of sp³-hybridized carbons (Fsp3) is 0.125.